The number of aliphatic hydroxyl groups is 1. The Balaban J connectivity index is 2.32. The standard InChI is InChI=1S/C15H22N2O2/c1-5-15(2,3)13(18)10-6-7-12-11(8-10)9-17(4)14(19)16-12/h6-8,13,18H,5,9H2,1-4H3,(H,16,19). The Labute approximate surface area is 114 Å². The van der Waals surface area contributed by atoms with E-state index in [0.29, 0.717) is 6.54 Å². The van der Waals surface area contributed by atoms with Gasteiger partial charge in [0.2, 0.25) is 0 Å². The van der Waals surface area contributed by atoms with Gasteiger partial charge in [-0.1, -0.05) is 26.8 Å². The van der Waals surface area contributed by atoms with Crippen molar-refractivity contribution in [1.29, 1.82) is 0 Å². The molecule has 0 spiro atoms. The van der Waals surface area contributed by atoms with Gasteiger partial charge in [-0.3, -0.25) is 0 Å². The van der Waals surface area contributed by atoms with Gasteiger partial charge in [-0.25, -0.2) is 4.79 Å². The van der Waals surface area contributed by atoms with E-state index in [1.54, 1.807) is 11.9 Å². The average molecular weight is 262 g/mol. The molecule has 0 radical (unpaired) electrons. The Bertz CT molecular complexity index is 497. The largest absolute Gasteiger partial charge is 0.388 e. The zero-order valence-corrected chi connectivity index (χ0v) is 12.0. The van der Waals surface area contributed by atoms with E-state index in [4.69, 9.17) is 0 Å². The summed E-state index contributed by atoms with van der Waals surface area (Å²) in [6.45, 7) is 6.78. The minimum Gasteiger partial charge on any atom is -0.388 e. The minimum atomic E-state index is -0.495. The van der Waals surface area contributed by atoms with Crippen LogP contribution in [0.1, 0.15) is 44.4 Å². The molecule has 1 aromatic rings. The van der Waals surface area contributed by atoms with Crippen molar-refractivity contribution in [3.8, 4) is 0 Å². The zero-order chi connectivity index (χ0) is 14.2. The van der Waals surface area contributed by atoms with Crippen LogP contribution in [0.5, 0.6) is 0 Å². The van der Waals surface area contributed by atoms with Crippen LogP contribution < -0.4 is 5.32 Å². The van der Waals surface area contributed by atoms with Crippen molar-refractivity contribution >= 4 is 11.7 Å². The number of benzene rings is 1. The van der Waals surface area contributed by atoms with Crippen molar-refractivity contribution in [2.45, 2.75) is 39.8 Å². The van der Waals surface area contributed by atoms with Crippen LogP contribution in [-0.4, -0.2) is 23.1 Å². The van der Waals surface area contributed by atoms with E-state index in [0.717, 1.165) is 23.2 Å². The van der Waals surface area contributed by atoms with Crippen molar-refractivity contribution in [2.24, 2.45) is 5.41 Å². The van der Waals surface area contributed by atoms with E-state index in [1.807, 2.05) is 18.2 Å². The zero-order valence-electron chi connectivity index (χ0n) is 12.0. The molecule has 1 aliphatic rings. The van der Waals surface area contributed by atoms with Crippen molar-refractivity contribution in [3.05, 3.63) is 29.3 Å². The Kier molecular flexibility index (Phi) is 3.54. The number of hydrogen-bond acceptors (Lipinski definition) is 2. The molecule has 0 saturated heterocycles. The van der Waals surface area contributed by atoms with E-state index < -0.39 is 6.10 Å². The predicted molar refractivity (Wildman–Crippen MR) is 76.0 cm³/mol. The number of carbonyl (C=O) groups excluding carboxylic acids is 1. The number of nitrogens with one attached hydrogen (secondary N) is 1. The van der Waals surface area contributed by atoms with Crippen molar-refractivity contribution < 1.29 is 9.90 Å². The quantitative estimate of drug-likeness (QED) is 0.879. The van der Waals surface area contributed by atoms with Crippen LogP contribution in [0.3, 0.4) is 0 Å². The van der Waals surface area contributed by atoms with Gasteiger partial charge in [0.1, 0.15) is 0 Å². The summed E-state index contributed by atoms with van der Waals surface area (Å²) in [6, 6.07) is 5.68. The number of urea groups is 1. The summed E-state index contributed by atoms with van der Waals surface area (Å²) >= 11 is 0. The molecule has 0 aliphatic carbocycles. The topological polar surface area (TPSA) is 52.6 Å². The van der Waals surface area contributed by atoms with Gasteiger partial charge in [-0.05, 0) is 35.1 Å². The molecule has 104 valence electrons. The van der Waals surface area contributed by atoms with Gasteiger partial charge in [0.05, 0.1) is 6.10 Å². The molecular formula is C15H22N2O2. The SMILES string of the molecule is CCC(C)(C)C(O)c1ccc2c(c1)CN(C)C(=O)N2. The normalized spacial score (nSPS) is 16.9. The van der Waals surface area contributed by atoms with E-state index in [9.17, 15) is 9.90 Å². The molecule has 0 saturated carbocycles. The highest BCUT2D eigenvalue weighted by atomic mass is 16.3. The highest BCUT2D eigenvalue weighted by molar-refractivity contribution is 5.92. The van der Waals surface area contributed by atoms with Crippen LogP contribution in [0.4, 0.5) is 10.5 Å². The number of fused-ring (bicyclic) bond motifs is 1. The molecule has 2 N–H and O–H groups in total. The predicted octanol–water partition coefficient (Wildman–Crippen LogP) is 3.13. The molecular weight excluding hydrogens is 240 g/mol. The van der Waals surface area contributed by atoms with E-state index in [1.165, 1.54) is 0 Å². The second-order valence-electron chi connectivity index (χ2n) is 5.95. The summed E-state index contributed by atoms with van der Waals surface area (Å²) in [5.41, 5.74) is 2.65. The molecule has 1 unspecified atom stereocenters. The van der Waals surface area contributed by atoms with Crippen LogP contribution in [0.15, 0.2) is 18.2 Å². The second kappa shape index (κ2) is 4.85. The summed E-state index contributed by atoms with van der Waals surface area (Å²) in [6.07, 6.45) is 0.410. The lowest BCUT2D eigenvalue weighted by molar-refractivity contribution is 0.0465. The van der Waals surface area contributed by atoms with Gasteiger partial charge >= 0.3 is 6.03 Å². The maximum Gasteiger partial charge on any atom is 0.321 e. The molecule has 1 aromatic carbocycles. The molecule has 0 aromatic heterocycles. The smallest absolute Gasteiger partial charge is 0.321 e. The molecule has 1 aliphatic heterocycles. The molecule has 1 atom stereocenters. The molecule has 0 bridgehead atoms. The van der Waals surface area contributed by atoms with Crippen molar-refractivity contribution in [1.82, 2.24) is 4.90 Å². The highest BCUT2D eigenvalue weighted by Crippen LogP contribution is 2.37. The maximum absolute atomic E-state index is 11.5. The van der Waals surface area contributed by atoms with E-state index in [2.05, 4.69) is 26.1 Å². The molecule has 4 nitrogen and oxygen atoms in total. The lowest BCUT2D eigenvalue weighted by Gasteiger charge is -2.31. The fourth-order valence-corrected chi connectivity index (χ4v) is 2.22. The summed E-state index contributed by atoms with van der Waals surface area (Å²) in [5, 5.41) is 13.3. The average Bonchev–Trinajstić information content (AvgIpc) is 2.38. The summed E-state index contributed by atoms with van der Waals surface area (Å²) < 4.78 is 0. The van der Waals surface area contributed by atoms with Gasteiger partial charge in [0.25, 0.3) is 0 Å². The van der Waals surface area contributed by atoms with Gasteiger partial charge < -0.3 is 15.3 Å². The number of amides is 2. The number of rotatable bonds is 3. The van der Waals surface area contributed by atoms with Crippen LogP contribution >= 0.6 is 0 Å². The monoisotopic (exact) mass is 262 g/mol. The molecule has 1 heterocycles. The maximum atomic E-state index is 11.5. The third kappa shape index (κ3) is 2.59. The third-order valence-corrected chi connectivity index (χ3v) is 4.09. The highest BCUT2D eigenvalue weighted by Gasteiger charge is 2.28. The minimum absolute atomic E-state index is 0.0883. The molecule has 0 fully saturated rings. The van der Waals surface area contributed by atoms with Gasteiger partial charge in [-0.2, -0.15) is 0 Å². The first-order valence-corrected chi connectivity index (χ1v) is 6.68. The van der Waals surface area contributed by atoms with Gasteiger partial charge in [0, 0.05) is 19.3 Å². The Morgan fingerprint density at radius 2 is 2.16 bits per heavy atom. The van der Waals surface area contributed by atoms with Crippen molar-refractivity contribution in [2.75, 3.05) is 12.4 Å². The summed E-state index contributed by atoms with van der Waals surface area (Å²) in [7, 11) is 1.76. The number of nitrogens with zero attached hydrogens (tertiary/aromatic N) is 1. The van der Waals surface area contributed by atoms with Gasteiger partial charge in [0.15, 0.2) is 0 Å². The van der Waals surface area contributed by atoms with Crippen LogP contribution in [0.25, 0.3) is 0 Å². The molecule has 19 heavy (non-hydrogen) atoms. The Hall–Kier alpha value is -1.55. The number of carbonyl (C=O) groups is 1. The lowest BCUT2D eigenvalue weighted by atomic mass is 9.80. The molecule has 2 rings (SSSR count). The molecule has 4 heteroatoms. The van der Waals surface area contributed by atoms with Gasteiger partial charge in [-0.15, -0.1) is 0 Å². The summed E-state index contributed by atoms with van der Waals surface area (Å²) in [4.78, 5) is 13.2. The Morgan fingerprint density at radius 1 is 1.47 bits per heavy atom. The number of hydrogen-bond donors (Lipinski definition) is 2. The molecule has 2 amide bonds. The summed E-state index contributed by atoms with van der Waals surface area (Å²) in [5.74, 6) is 0. The van der Waals surface area contributed by atoms with Crippen LogP contribution in [-0.2, 0) is 6.54 Å². The first-order valence-electron chi connectivity index (χ1n) is 6.68. The fourth-order valence-electron chi connectivity index (χ4n) is 2.22. The van der Waals surface area contributed by atoms with E-state index in [-0.39, 0.29) is 11.4 Å². The second-order valence-corrected chi connectivity index (χ2v) is 5.95. The third-order valence-electron chi connectivity index (χ3n) is 4.09. The first kappa shape index (κ1) is 13.9. The fraction of sp³-hybridized carbons (Fsp3) is 0.533. The number of aliphatic hydroxyl groups excluding tert-OH is 1. The van der Waals surface area contributed by atoms with Crippen LogP contribution in [0.2, 0.25) is 0 Å². The van der Waals surface area contributed by atoms with E-state index >= 15 is 0 Å². The Morgan fingerprint density at radius 3 is 2.79 bits per heavy atom. The van der Waals surface area contributed by atoms with Crippen LogP contribution in [0, 0.1) is 5.41 Å². The number of anilines is 1. The lowest BCUT2D eigenvalue weighted by Crippen LogP contribution is -2.35. The van der Waals surface area contributed by atoms with Crippen molar-refractivity contribution in [3.63, 3.8) is 0 Å². The first-order chi connectivity index (χ1) is 8.85.